The predicted molar refractivity (Wildman–Crippen MR) is 113 cm³/mol. The van der Waals surface area contributed by atoms with Gasteiger partial charge in [-0.05, 0) is 42.7 Å². The van der Waals surface area contributed by atoms with Crippen LogP contribution in [0.2, 0.25) is 0 Å². The molecule has 6 nitrogen and oxygen atoms in total. The molecule has 2 amide bonds. The van der Waals surface area contributed by atoms with Gasteiger partial charge in [-0.3, -0.25) is 0 Å². The Balaban J connectivity index is 2.18. The quantitative estimate of drug-likeness (QED) is 0.760. The van der Waals surface area contributed by atoms with Gasteiger partial charge in [-0.15, -0.1) is 0 Å². The molecule has 0 spiro atoms. The molecular formula is C23H29N2O4+. The van der Waals surface area contributed by atoms with Gasteiger partial charge in [-0.25, -0.2) is 14.1 Å². The van der Waals surface area contributed by atoms with E-state index in [0.717, 1.165) is 27.9 Å². The van der Waals surface area contributed by atoms with Crippen molar-refractivity contribution in [3.63, 3.8) is 0 Å². The molecular weight excluding hydrogens is 368 g/mol. The molecule has 0 aliphatic carbocycles. The molecule has 2 N–H and O–H groups in total. The summed E-state index contributed by atoms with van der Waals surface area (Å²) in [5.74, 6) is 0.0376. The molecule has 3 atom stereocenters. The number of fused-ring (bicyclic) bond motifs is 1. The van der Waals surface area contributed by atoms with E-state index >= 15 is 0 Å². The van der Waals surface area contributed by atoms with Crippen LogP contribution in [0, 0.1) is 0 Å². The van der Waals surface area contributed by atoms with E-state index in [1.54, 1.807) is 6.92 Å². The minimum atomic E-state index is -0.952. The zero-order valence-corrected chi connectivity index (χ0v) is 17.4. The van der Waals surface area contributed by atoms with Gasteiger partial charge in [0.1, 0.15) is 5.69 Å². The number of benzene rings is 2. The van der Waals surface area contributed by atoms with E-state index in [4.69, 9.17) is 0 Å². The maximum Gasteiger partial charge on any atom is 0.407 e. The van der Waals surface area contributed by atoms with Gasteiger partial charge in [-0.1, -0.05) is 24.3 Å². The topological polar surface area (TPSA) is 77.8 Å². The molecule has 154 valence electrons. The van der Waals surface area contributed by atoms with Crippen LogP contribution in [-0.2, 0) is 11.4 Å². The number of aliphatic hydroxyl groups excluding tert-OH is 1. The van der Waals surface area contributed by atoms with Gasteiger partial charge in [0.2, 0.25) is 0 Å². The maximum absolute atomic E-state index is 12.6. The van der Waals surface area contributed by atoms with E-state index in [1.807, 2.05) is 63.4 Å². The number of aliphatic hydroxyl groups is 1. The summed E-state index contributed by atoms with van der Waals surface area (Å²) < 4.78 is 0.159. The Kier molecular flexibility index (Phi) is 5.78. The van der Waals surface area contributed by atoms with Crippen molar-refractivity contribution in [1.82, 2.24) is 9.38 Å². The number of hydrogen-bond donors (Lipinski definition) is 2. The minimum absolute atomic E-state index is 0.0110. The van der Waals surface area contributed by atoms with Crippen LogP contribution in [0.5, 0.6) is 0 Å². The standard InChI is InChI=1S/C23H28N2O4/c1-5-24(23(28)29)21-12-15(2)25(4,16(3)27)22-11-10-19(13-20(21)22)18-8-6-17(14-26)7-9-18/h6-11,13,15,21,26H,5,12,14H2,1-4H3/p+1/t15-,21?,25+/m0/s1. The second kappa shape index (κ2) is 7.97. The van der Waals surface area contributed by atoms with Crippen molar-refractivity contribution in [3.05, 3.63) is 53.6 Å². The summed E-state index contributed by atoms with van der Waals surface area (Å²) in [6, 6.07) is 13.3. The molecule has 0 bridgehead atoms. The van der Waals surface area contributed by atoms with Crippen LogP contribution in [0.15, 0.2) is 42.5 Å². The van der Waals surface area contributed by atoms with Crippen molar-refractivity contribution in [2.24, 2.45) is 0 Å². The first kappa shape index (κ1) is 21.0. The van der Waals surface area contributed by atoms with Crippen molar-refractivity contribution in [1.29, 1.82) is 0 Å². The highest BCUT2D eigenvalue weighted by atomic mass is 16.4. The summed E-state index contributed by atoms with van der Waals surface area (Å²) in [6.45, 7) is 5.81. The van der Waals surface area contributed by atoms with Gasteiger partial charge in [0, 0.05) is 24.6 Å². The number of quaternary nitrogens is 1. The highest BCUT2D eigenvalue weighted by molar-refractivity contribution is 5.89. The second-order valence-electron chi connectivity index (χ2n) is 7.89. The van der Waals surface area contributed by atoms with Crippen LogP contribution < -0.4 is 4.48 Å². The molecule has 0 aromatic heterocycles. The average Bonchev–Trinajstić information content (AvgIpc) is 2.71. The Bertz CT molecular complexity index is 925. The Labute approximate surface area is 171 Å². The number of hydrogen-bond acceptors (Lipinski definition) is 3. The summed E-state index contributed by atoms with van der Waals surface area (Å²) in [5.41, 5.74) is 4.52. The molecule has 29 heavy (non-hydrogen) atoms. The normalized spacial score (nSPS) is 23.3. The SMILES string of the molecule is CCN(C(=O)O)C1C[C@H](C)[N@+](C)(C(C)=O)c2ccc(-c3ccc(CO)cc3)cc21. The van der Waals surface area contributed by atoms with Gasteiger partial charge in [0.25, 0.3) is 0 Å². The molecule has 1 heterocycles. The van der Waals surface area contributed by atoms with Gasteiger partial charge in [-0.2, -0.15) is 0 Å². The first-order valence-corrected chi connectivity index (χ1v) is 9.95. The first-order valence-electron chi connectivity index (χ1n) is 9.95. The van der Waals surface area contributed by atoms with Crippen LogP contribution in [0.1, 0.15) is 44.4 Å². The van der Waals surface area contributed by atoms with Crippen LogP contribution in [-0.4, -0.2) is 46.7 Å². The third-order valence-electron chi connectivity index (χ3n) is 6.42. The maximum atomic E-state index is 12.6. The molecule has 1 aliphatic heterocycles. The molecule has 1 aliphatic rings. The largest absolute Gasteiger partial charge is 0.465 e. The number of rotatable bonds is 4. The first-order chi connectivity index (χ1) is 13.7. The summed E-state index contributed by atoms with van der Waals surface area (Å²) >= 11 is 0. The van der Waals surface area contributed by atoms with Crippen molar-refractivity contribution in [2.75, 3.05) is 13.6 Å². The van der Waals surface area contributed by atoms with E-state index in [0.29, 0.717) is 13.0 Å². The third-order valence-corrected chi connectivity index (χ3v) is 6.42. The molecule has 1 unspecified atom stereocenters. The zero-order valence-electron chi connectivity index (χ0n) is 17.4. The second-order valence-corrected chi connectivity index (χ2v) is 7.89. The minimum Gasteiger partial charge on any atom is -0.465 e. The van der Waals surface area contributed by atoms with Gasteiger partial charge in [0.15, 0.2) is 0 Å². The zero-order chi connectivity index (χ0) is 21.3. The lowest BCUT2D eigenvalue weighted by Gasteiger charge is -2.45. The van der Waals surface area contributed by atoms with E-state index < -0.39 is 6.09 Å². The smallest absolute Gasteiger partial charge is 0.407 e. The molecule has 0 fully saturated rings. The van der Waals surface area contributed by atoms with Crippen molar-refractivity contribution in [3.8, 4) is 11.1 Å². The summed E-state index contributed by atoms with van der Waals surface area (Å²) in [7, 11) is 1.91. The molecule has 6 heteroatoms. The van der Waals surface area contributed by atoms with Crippen LogP contribution in [0.4, 0.5) is 10.5 Å². The van der Waals surface area contributed by atoms with Gasteiger partial charge >= 0.3 is 12.0 Å². The Morgan fingerprint density at radius 2 is 1.76 bits per heavy atom. The predicted octanol–water partition coefficient (Wildman–Crippen LogP) is 4.16. The number of amides is 2. The fourth-order valence-corrected chi connectivity index (χ4v) is 4.39. The fraction of sp³-hybridized carbons (Fsp3) is 0.391. The monoisotopic (exact) mass is 397 g/mol. The van der Waals surface area contributed by atoms with E-state index in [-0.39, 0.29) is 29.1 Å². The molecule has 0 saturated heterocycles. The highest BCUT2D eigenvalue weighted by Gasteiger charge is 2.47. The lowest BCUT2D eigenvalue weighted by atomic mass is 9.86. The summed E-state index contributed by atoms with van der Waals surface area (Å²) in [4.78, 5) is 26.0. The molecule has 0 radical (unpaired) electrons. The summed E-state index contributed by atoms with van der Waals surface area (Å²) in [6.07, 6.45) is -0.372. The molecule has 3 rings (SSSR count). The van der Waals surface area contributed by atoms with Crippen molar-refractivity contribution >= 4 is 17.7 Å². The molecule has 2 aromatic rings. The molecule has 0 saturated carbocycles. The lowest BCUT2D eigenvalue weighted by molar-refractivity contribution is -0.129. The van der Waals surface area contributed by atoms with Crippen LogP contribution >= 0.6 is 0 Å². The van der Waals surface area contributed by atoms with E-state index in [9.17, 15) is 19.8 Å². The third kappa shape index (κ3) is 3.54. The lowest BCUT2D eigenvalue weighted by Crippen LogP contribution is -2.60. The average molecular weight is 397 g/mol. The van der Waals surface area contributed by atoms with E-state index in [1.165, 1.54) is 4.90 Å². The van der Waals surface area contributed by atoms with Crippen LogP contribution in [0.3, 0.4) is 0 Å². The van der Waals surface area contributed by atoms with Gasteiger partial charge < -0.3 is 15.1 Å². The van der Waals surface area contributed by atoms with Crippen molar-refractivity contribution in [2.45, 2.75) is 45.9 Å². The molecule has 2 aromatic carbocycles. The highest BCUT2D eigenvalue weighted by Crippen LogP contribution is 2.45. The summed E-state index contributed by atoms with van der Waals surface area (Å²) in [5, 5.41) is 19.0. The van der Waals surface area contributed by atoms with Crippen LogP contribution in [0.25, 0.3) is 11.1 Å². The number of nitrogens with zero attached hydrogens (tertiary/aromatic N) is 2. The number of carbonyl (C=O) groups is 2. The van der Waals surface area contributed by atoms with Gasteiger partial charge in [0.05, 0.1) is 32.7 Å². The number of carboxylic acid groups (broad SMARTS) is 1. The Morgan fingerprint density at radius 3 is 2.28 bits per heavy atom. The van der Waals surface area contributed by atoms with E-state index in [2.05, 4.69) is 0 Å². The Morgan fingerprint density at radius 1 is 1.14 bits per heavy atom. The Hall–Kier alpha value is -2.70. The fourth-order valence-electron chi connectivity index (χ4n) is 4.39. The van der Waals surface area contributed by atoms with Crippen molar-refractivity contribution < 1.29 is 19.8 Å². The number of carbonyl (C=O) groups excluding carboxylic acids is 1.